The summed E-state index contributed by atoms with van der Waals surface area (Å²) in [6, 6.07) is 26.8. The number of hydrogen-bond acceptors (Lipinski definition) is 6. The van der Waals surface area contributed by atoms with E-state index < -0.39 is 12.0 Å². The van der Waals surface area contributed by atoms with Crippen LogP contribution in [-0.4, -0.2) is 37.5 Å². The van der Waals surface area contributed by atoms with Crippen molar-refractivity contribution >= 4 is 57.0 Å². The van der Waals surface area contributed by atoms with Gasteiger partial charge >= 0.3 is 12.0 Å². The lowest BCUT2D eigenvalue weighted by Gasteiger charge is -2.21. The predicted octanol–water partition coefficient (Wildman–Crippen LogP) is 6.28. The van der Waals surface area contributed by atoms with Crippen molar-refractivity contribution < 1.29 is 19.4 Å². The second-order valence-electron chi connectivity index (χ2n) is 9.11. The van der Waals surface area contributed by atoms with Gasteiger partial charge in [0.2, 0.25) is 0 Å². The Balaban J connectivity index is 1.63. The van der Waals surface area contributed by atoms with Crippen LogP contribution in [0.5, 0.6) is 5.75 Å². The molecule has 0 saturated heterocycles. The lowest BCUT2D eigenvalue weighted by Crippen LogP contribution is -2.31. The molecule has 2 heterocycles. The number of aromatic nitrogens is 3. The smallest absolute Gasteiger partial charge is 0.353 e. The van der Waals surface area contributed by atoms with Crippen LogP contribution in [0.3, 0.4) is 0 Å². The fourth-order valence-corrected chi connectivity index (χ4v) is 5.60. The number of methoxy groups -OCH3 is 1. The summed E-state index contributed by atoms with van der Waals surface area (Å²) in [5.41, 5.74) is 11.2. The van der Waals surface area contributed by atoms with Crippen molar-refractivity contribution in [2.45, 2.75) is 6.54 Å². The number of carbonyl (C=O) groups excluding carboxylic acids is 1. The Morgan fingerprint density at radius 2 is 1.68 bits per heavy atom. The summed E-state index contributed by atoms with van der Waals surface area (Å²) in [6.07, 6.45) is 0. The van der Waals surface area contributed by atoms with E-state index in [0.717, 1.165) is 28.3 Å². The van der Waals surface area contributed by atoms with Crippen LogP contribution in [0.2, 0.25) is 0 Å². The van der Waals surface area contributed by atoms with Gasteiger partial charge in [-0.2, -0.15) is 8.75 Å². The van der Waals surface area contributed by atoms with Gasteiger partial charge in [0.25, 0.3) is 0 Å². The Labute approximate surface area is 233 Å². The van der Waals surface area contributed by atoms with Gasteiger partial charge in [0, 0.05) is 28.6 Å². The minimum absolute atomic E-state index is 0.0958. The normalized spacial score (nSPS) is 11.1. The van der Waals surface area contributed by atoms with Crippen LogP contribution in [0.15, 0.2) is 91.0 Å². The number of primary amides is 1. The highest BCUT2D eigenvalue weighted by Crippen LogP contribution is 2.42. The lowest BCUT2D eigenvalue weighted by atomic mass is 10.00. The fourth-order valence-electron chi connectivity index (χ4n) is 5.08. The summed E-state index contributed by atoms with van der Waals surface area (Å²) in [7, 11) is 1.55. The first-order valence-electron chi connectivity index (χ1n) is 12.3. The molecule has 40 heavy (non-hydrogen) atoms. The number of carbonyl (C=O) groups is 2. The van der Waals surface area contributed by atoms with E-state index in [4.69, 9.17) is 10.5 Å². The van der Waals surface area contributed by atoms with Crippen molar-refractivity contribution in [3.05, 3.63) is 102 Å². The summed E-state index contributed by atoms with van der Waals surface area (Å²) in [5.74, 6) is -0.566. The Hall–Kier alpha value is -5.22. The molecule has 198 valence electrons. The van der Waals surface area contributed by atoms with Crippen LogP contribution in [0.25, 0.3) is 33.1 Å². The first-order valence-corrected chi connectivity index (χ1v) is 13.1. The van der Waals surface area contributed by atoms with Crippen LogP contribution >= 0.6 is 11.7 Å². The van der Waals surface area contributed by atoms with Crippen LogP contribution in [0.1, 0.15) is 16.1 Å². The molecular weight excluding hydrogens is 526 g/mol. The highest BCUT2D eigenvalue weighted by molar-refractivity contribution is 7.00. The van der Waals surface area contributed by atoms with Crippen molar-refractivity contribution in [3.63, 3.8) is 0 Å². The van der Waals surface area contributed by atoms with Gasteiger partial charge in [-0.15, -0.1) is 0 Å². The topological polar surface area (TPSA) is 124 Å². The molecule has 0 unspecified atom stereocenters. The van der Waals surface area contributed by atoms with E-state index in [0.29, 0.717) is 39.2 Å². The quantitative estimate of drug-likeness (QED) is 0.241. The monoisotopic (exact) mass is 549 g/mol. The standard InChI is InChI=1S/C30H23N5O4S/c1-39-26-10-6-5-9-21(26)27-22-16-20(35(30(31)38)19-7-3-2-4-8-19)12-14-25(22)34(28(27)29(36)37)17-18-11-13-23-24(15-18)33-40-32-23/h2-16H,17H2,1H3,(H2,31,38)(H,36,37). The van der Waals surface area contributed by atoms with Crippen molar-refractivity contribution in [3.8, 4) is 16.9 Å². The van der Waals surface area contributed by atoms with Crippen molar-refractivity contribution in [2.75, 3.05) is 12.0 Å². The highest BCUT2D eigenvalue weighted by Gasteiger charge is 2.27. The van der Waals surface area contributed by atoms with E-state index in [1.807, 2.05) is 60.7 Å². The molecule has 4 aromatic carbocycles. The van der Waals surface area contributed by atoms with Gasteiger partial charge in [0.1, 0.15) is 22.5 Å². The molecule has 0 aliphatic heterocycles. The average Bonchev–Trinajstić information content (AvgIpc) is 3.55. The molecule has 10 heteroatoms. The molecule has 9 nitrogen and oxygen atoms in total. The molecule has 6 aromatic rings. The number of aromatic carboxylic acids is 1. The Morgan fingerprint density at radius 1 is 0.925 bits per heavy atom. The van der Waals surface area contributed by atoms with Crippen molar-refractivity contribution in [1.82, 2.24) is 13.3 Å². The molecule has 0 aliphatic carbocycles. The third-order valence-corrected chi connectivity index (χ3v) is 7.33. The largest absolute Gasteiger partial charge is 0.496 e. The number of rotatable bonds is 7. The number of para-hydroxylation sites is 2. The maximum Gasteiger partial charge on any atom is 0.353 e. The molecule has 0 spiro atoms. The van der Waals surface area contributed by atoms with Crippen LogP contribution in [-0.2, 0) is 6.54 Å². The van der Waals surface area contributed by atoms with E-state index in [9.17, 15) is 14.7 Å². The van der Waals surface area contributed by atoms with Crippen LogP contribution in [0, 0.1) is 0 Å². The molecule has 0 fully saturated rings. The Bertz CT molecular complexity index is 1900. The van der Waals surface area contributed by atoms with Gasteiger partial charge in [-0.05, 0) is 54.1 Å². The molecule has 0 radical (unpaired) electrons. The number of amides is 2. The minimum atomic E-state index is -1.09. The van der Waals surface area contributed by atoms with Gasteiger partial charge in [0.15, 0.2) is 0 Å². The molecule has 3 N–H and O–H groups in total. The Kier molecular flexibility index (Phi) is 6.37. The molecule has 2 amide bonds. The van der Waals surface area contributed by atoms with E-state index in [-0.39, 0.29) is 12.2 Å². The molecule has 0 bridgehead atoms. The SMILES string of the molecule is COc1ccccc1-c1c(C(=O)O)n(Cc2ccc3nsnc3c2)c2ccc(N(C(N)=O)c3ccccc3)cc12. The molecule has 0 atom stereocenters. The van der Waals surface area contributed by atoms with Gasteiger partial charge in [-0.25, -0.2) is 9.59 Å². The number of fused-ring (bicyclic) bond motifs is 2. The van der Waals surface area contributed by atoms with E-state index in [1.54, 1.807) is 42.0 Å². The van der Waals surface area contributed by atoms with Gasteiger partial charge in [-0.3, -0.25) is 4.90 Å². The number of anilines is 2. The first kappa shape index (κ1) is 25.1. The minimum Gasteiger partial charge on any atom is -0.496 e. The number of benzene rings is 4. The van der Waals surface area contributed by atoms with Crippen LogP contribution < -0.4 is 15.4 Å². The molecule has 2 aromatic heterocycles. The molecule has 0 saturated carbocycles. The molecule has 0 aliphatic rings. The summed E-state index contributed by atoms with van der Waals surface area (Å²) in [6.45, 7) is 0.276. The third-order valence-electron chi connectivity index (χ3n) is 6.78. The van der Waals surface area contributed by atoms with E-state index in [1.165, 1.54) is 4.90 Å². The fraction of sp³-hybridized carbons (Fsp3) is 0.0667. The zero-order valence-corrected chi connectivity index (χ0v) is 22.1. The van der Waals surface area contributed by atoms with Gasteiger partial charge in [0.05, 0.1) is 30.2 Å². The highest BCUT2D eigenvalue weighted by atomic mass is 32.1. The summed E-state index contributed by atoms with van der Waals surface area (Å²) >= 11 is 1.13. The molecular formula is C30H23N5O4S. The third kappa shape index (κ3) is 4.30. The number of urea groups is 1. The Morgan fingerprint density at radius 3 is 2.42 bits per heavy atom. The predicted molar refractivity (Wildman–Crippen MR) is 156 cm³/mol. The number of nitrogens with two attached hydrogens (primary N) is 1. The number of nitrogens with zero attached hydrogens (tertiary/aromatic N) is 4. The summed E-state index contributed by atoms with van der Waals surface area (Å²) in [4.78, 5) is 26.9. The van der Waals surface area contributed by atoms with E-state index >= 15 is 0 Å². The number of hydrogen-bond donors (Lipinski definition) is 2. The number of ether oxygens (including phenoxy) is 1. The van der Waals surface area contributed by atoms with Crippen molar-refractivity contribution in [2.24, 2.45) is 5.73 Å². The maximum atomic E-state index is 12.9. The zero-order chi connectivity index (χ0) is 27.8. The number of carboxylic acids is 1. The lowest BCUT2D eigenvalue weighted by molar-refractivity contribution is 0.0687. The second kappa shape index (κ2) is 10.2. The maximum absolute atomic E-state index is 12.9. The average molecular weight is 550 g/mol. The first-order chi connectivity index (χ1) is 19.5. The summed E-state index contributed by atoms with van der Waals surface area (Å²) < 4.78 is 16.0. The van der Waals surface area contributed by atoms with Crippen molar-refractivity contribution in [1.29, 1.82) is 0 Å². The molecule has 6 rings (SSSR count). The van der Waals surface area contributed by atoms with E-state index in [2.05, 4.69) is 8.75 Å². The van der Waals surface area contributed by atoms with Gasteiger partial charge in [-0.1, -0.05) is 42.5 Å². The zero-order valence-electron chi connectivity index (χ0n) is 21.3. The van der Waals surface area contributed by atoms with Crippen LogP contribution in [0.4, 0.5) is 16.2 Å². The second-order valence-corrected chi connectivity index (χ2v) is 9.64. The van der Waals surface area contributed by atoms with Gasteiger partial charge < -0.3 is 20.1 Å². The summed E-state index contributed by atoms with van der Waals surface area (Å²) in [5, 5.41) is 11.2. The number of carboxylic acid groups (broad SMARTS) is 1.